The van der Waals surface area contributed by atoms with Gasteiger partial charge in [0.2, 0.25) is 0 Å². The van der Waals surface area contributed by atoms with Gasteiger partial charge < -0.3 is 0 Å². The fourth-order valence-electron chi connectivity index (χ4n) is 3.86. The SMILES string of the molecule is CP(C)(CCCO)(OS(=O)(=O)OP(C)(C)(CCCO)c1ccccc1)c1ccccc1. The van der Waals surface area contributed by atoms with Crippen molar-refractivity contribution in [3.63, 3.8) is 0 Å². The van der Waals surface area contributed by atoms with Crippen molar-refractivity contribution in [2.75, 3.05) is 52.2 Å². The number of hydrogen-bond acceptors (Lipinski definition) is 6. The number of aliphatic hydroxyl groups is 2. The van der Waals surface area contributed by atoms with E-state index in [2.05, 4.69) is 0 Å². The summed E-state index contributed by atoms with van der Waals surface area (Å²) in [5.41, 5.74) is 0. The van der Waals surface area contributed by atoms with Crippen molar-refractivity contribution in [3.8, 4) is 0 Å². The Labute approximate surface area is 187 Å². The topological polar surface area (TPSA) is 93.1 Å². The molecule has 0 aliphatic rings. The van der Waals surface area contributed by atoms with Crippen molar-refractivity contribution in [2.24, 2.45) is 0 Å². The zero-order valence-electron chi connectivity index (χ0n) is 18.8. The first kappa shape index (κ1) is 26.3. The first-order valence-electron chi connectivity index (χ1n) is 10.4. The molecule has 0 heterocycles. The van der Waals surface area contributed by atoms with E-state index in [0.717, 1.165) is 10.6 Å². The zero-order valence-corrected chi connectivity index (χ0v) is 21.5. The summed E-state index contributed by atoms with van der Waals surface area (Å²) in [6.45, 7) is 0.358. The van der Waals surface area contributed by atoms with Gasteiger partial charge in [-0.15, -0.1) is 0 Å². The third-order valence-corrected chi connectivity index (χ3v) is 18.0. The molecule has 2 rings (SSSR count). The van der Waals surface area contributed by atoms with Gasteiger partial charge >= 0.3 is 187 Å². The molecule has 0 fully saturated rings. The van der Waals surface area contributed by atoms with Crippen molar-refractivity contribution >= 4 is 34.7 Å². The van der Waals surface area contributed by atoms with Crippen LogP contribution in [0.3, 0.4) is 0 Å². The first-order valence-corrected chi connectivity index (χ1v) is 18.2. The van der Waals surface area contributed by atoms with Gasteiger partial charge in [0.15, 0.2) is 0 Å². The van der Waals surface area contributed by atoms with E-state index in [9.17, 15) is 18.6 Å². The van der Waals surface area contributed by atoms with Crippen LogP contribution in [-0.2, 0) is 18.3 Å². The molecule has 0 atom stereocenters. The summed E-state index contributed by atoms with van der Waals surface area (Å²) in [6, 6.07) is 18.6. The van der Waals surface area contributed by atoms with Crippen LogP contribution in [0.2, 0.25) is 0 Å². The van der Waals surface area contributed by atoms with Gasteiger partial charge in [-0.05, 0) is 0 Å². The van der Waals surface area contributed by atoms with Crippen LogP contribution in [0, 0.1) is 0 Å². The molecule has 0 aliphatic carbocycles. The van der Waals surface area contributed by atoms with Crippen molar-refractivity contribution in [3.05, 3.63) is 60.7 Å². The van der Waals surface area contributed by atoms with Gasteiger partial charge in [-0.2, -0.15) is 0 Å². The van der Waals surface area contributed by atoms with Crippen molar-refractivity contribution in [1.29, 1.82) is 0 Å². The van der Waals surface area contributed by atoms with Crippen molar-refractivity contribution < 1.29 is 26.6 Å². The third kappa shape index (κ3) is 6.55. The van der Waals surface area contributed by atoms with Gasteiger partial charge in [0.05, 0.1) is 0 Å². The molecule has 0 radical (unpaired) electrons. The van der Waals surface area contributed by atoms with Crippen molar-refractivity contribution in [1.82, 2.24) is 0 Å². The predicted molar refractivity (Wildman–Crippen MR) is 134 cm³/mol. The summed E-state index contributed by atoms with van der Waals surface area (Å²) in [4.78, 5) is 0. The van der Waals surface area contributed by atoms with E-state index in [-0.39, 0.29) is 13.2 Å². The molecule has 0 aromatic heterocycles. The predicted octanol–water partition coefficient (Wildman–Crippen LogP) is 3.14. The van der Waals surface area contributed by atoms with E-state index in [1.54, 1.807) is 0 Å². The van der Waals surface area contributed by atoms with E-state index in [1.165, 1.54) is 0 Å². The minimum absolute atomic E-state index is 0.0573. The Bertz CT molecular complexity index is 889. The Morgan fingerprint density at radius 2 is 1.00 bits per heavy atom. The average Bonchev–Trinajstić information content (AvgIpc) is 2.71. The van der Waals surface area contributed by atoms with E-state index < -0.39 is 24.1 Å². The fraction of sp³-hybridized carbons (Fsp3) is 0.455. The molecule has 0 saturated carbocycles. The number of rotatable bonds is 12. The van der Waals surface area contributed by atoms with Crippen LogP contribution in [0.1, 0.15) is 12.8 Å². The molecule has 0 bridgehead atoms. The summed E-state index contributed by atoms with van der Waals surface area (Å²) in [5, 5.41) is 20.5. The van der Waals surface area contributed by atoms with Crippen LogP contribution >= 0.6 is 13.7 Å². The second-order valence-electron chi connectivity index (χ2n) is 9.37. The Balaban J connectivity index is 2.50. The van der Waals surface area contributed by atoms with Crippen LogP contribution in [0.5, 0.6) is 0 Å². The molecular formula is C22H36O6P2S. The summed E-state index contributed by atoms with van der Waals surface area (Å²) >= 11 is 0. The van der Waals surface area contributed by atoms with Gasteiger partial charge in [0.1, 0.15) is 0 Å². The molecule has 176 valence electrons. The summed E-state index contributed by atoms with van der Waals surface area (Å²) < 4.78 is 38.9. The van der Waals surface area contributed by atoms with Crippen LogP contribution in [-0.4, -0.2) is 70.8 Å². The first-order chi connectivity index (χ1) is 14.3. The van der Waals surface area contributed by atoms with Crippen LogP contribution in [0.4, 0.5) is 0 Å². The number of aliphatic hydroxyl groups excluding tert-OH is 2. The molecular weight excluding hydrogens is 454 g/mol. The van der Waals surface area contributed by atoms with Crippen LogP contribution in [0.25, 0.3) is 0 Å². The monoisotopic (exact) mass is 490 g/mol. The standard InChI is InChI=1S/C22H36O6P2S/c1-29(2,19-11-17-23,21-13-7-5-8-14-21)27-31(25,26)28-30(3,4,20-12-18-24)22-15-9-6-10-16-22/h5-10,13-16,23-24H,11-12,17-20H2,1-4H3. The molecule has 0 spiro atoms. The van der Waals surface area contributed by atoms with Gasteiger partial charge in [-0.1, -0.05) is 0 Å². The maximum absolute atomic E-state index is 13.4. The molecule has 0 saturated heterocycles. The molecule has 2 aromatic carbocycles. The maximum atomic E-state index is 13.4. The van der Waals surface area contributed by atoms with Gasteiger partial charge in [-0.25, -0.2) is 0 Å². The molecule has 0 unspecified atom stereocenters. The van der Waals surface area contributed by atoms with Gasteiger partial charge in [0.25, 0.3) is 0 Å². The Kier molecular flexibility index (Phi) is 8.09. The van der Waals surface area contributed by atoms with Crippen LogP contribution in [0.15, 0.2) is 60.7 Å². The van der Waals surface area contributed by atoms with Crippen LogP contribution < -0.4 is 10.6 Å². The average molecular weight is 491 g/mol. The molecule has 0 aliphatic heterocycles. The van der Waals surface area contributed by atoms with E-state index in [1.807, 2.05) is 87.3 Å². The quantitative estimate of drug-likeness (QED) is 0.444. The minimum atomic E-state index is -4.42. The molecule has 0 amide bonds. The fourth-order valence-corrected chi connectivity index (χ4v) is 15.0. The molecule has 2 aromatic rings. The Morgan fingerprint density at radius 1 is 0.677 bits per heavy atom. The second-order valence-corrected chi connectivity index (χ2v) is 22.4. The normalized spacial score (nSPS) is 15.5. The van der Waals surface area contributed by atoms with E-state index in [4.69, 9.17) is 7.94 Å². The Hall–Kier alpha value is -0.910. The zero-order chi connectivity index (χ0) is 23.3. The summed E-state index contributed by atoms with van der Waals surface area (Å²) in [6.07, 6.45) is 1.64. The third-order valence-electron chi connectivity index (χ3n) is 5.71. The number of benzene rings is 2. The molecule has 6 nitrogen and oxygen atoms in total. The van der Waals surface area contributed by atoms with Crippen molar-refractivity contribution in [2.45, 2.75) is 12.8 Å². The van der Waals surface area contributed by atoms with Gasteiger partial charge in [0, 0.05) is 0 Å². The Morgan fingerprint density at radius 3 is 1.29 bits per heavy atom. The summed E-state index contributed by atoms with van der Waals surface area (Å²) in [5.74, 6) is 0. The molecule has 31 heavy (non-hydrogen) atoms. The number of hydrogen-bond donors (Lipinski definition) is 2. The molecule has 2 N–H and O–H groups in total. The van der Waals surface area contributed by atoms with E-state index in [0.29, 0.717) is 25.2 Å². The summed E-state index contributed by atoms with van der Waals surface area (Å²) in [7, 11) is -4.42. The molecule has 9 heteroatoms. The second kappa shape index (κ2) is 9.52. The van der Waals surface area contributed by atoms with Gasteiger partial charge in [-0.3, -0.25) is 0 Å². The van der Waals surface area contributed by atoms with E-state index >= 15 is 0 Å².